The Morgan fingerprint density at radius 2 is 2.06 bits per heavy atom. The number of carbonyl (C=O) groups excluding carboxylic acids is 1. The first-order valence-corrected chi connectivity index (χ1v) is 6.27. The molecule has 0 aromatic heterocycles. The smallest absolute Gasteiger partial charge is 0.254 e. The second-order valence-corrected chi connectivity index (χ2v) is 5.10. The van der Waals surface area contributed by atoms with Gasteiger partial charge in [-0.1, -0.05) is 19.9 Å². The van der Waals surface area contributed by atoms with Crippen LogP contribution in [-0.2, 0) is 0 Å². The maximum atomic E-state index is 11.9. The van der Waals surface area contributed by atoms with Crippen LogP contribution in [0.2, 0.25) is 0 Å². The van der Waals surface area contributed by atoms with Crippen LogP contribution in [0.4, 0.5) is 0 Å². The van der Waals surface area contributed by atoms with Crippen molar-refractivity contribution in [2.75, 3.05) is 14.1 Å². The van der Waals surface area contributed by atoms with Gasteiger partial charge in [0.1, 0.15) is 0 Å². The van der Waals surface area contributed by atoms with Gasteiger partial charge in [0.2, 0.25) is 0 Å². The number of nitrogens with zero attached hydrogens (tertiary/aromatic N) is 1. The lowest BCUT2D eigenvalue weighted by molar-refractivity contribution is 0.0826. The molecule has 1 aromatic carbocycles. The number of halogens is 1. The van der Waals surface area contributed by atoms with Crippen LogP contribution in [0.25, 0.3) is 0 Å². The van der Waals surface area contributed by atoms with E-state index in [4.69, 9.17) is 0 Å². The van der Waals surface area contributed by atoms with Crippen molar-refractivity contribution in [1.82, 2.24) is 4.90 Å². The molecule has 1 atom stereocenters. The molecule has 1 rings (SSSR count). The van der Waals surface area contributed by atoms with E-state index in [1.165, 1.54) is 5.56 Å². The van der Waals surface area contributed by atoms with E-state index >= 15 is 0 Å². The molecule has 3 heteroatoms. The van der Waals surface area contributed by atoms with E-state index < -0.39 is 0 Å². The van der Waals surface area contributed by atoms with Gasteiger partial charge in [-0.15, -0.1) is 0 Å². The molecule has 88 valence electrons. The number of carbonyl (C=O) groups is 1. The Kier molecular flexibility index (Phi) is 4.54. The minimum atomic E-state index is 0.0389. The lowest BCUT2D eigenvalue weighted by Gasteiger charge is -2.15. The number of benzene rings is 1. The fourth-order valence-corrected chi connectivity index (χ4v) is 1.91. The van der Waals surface area contributed by atoms with Gasteiger partial charge in [-0.05, 0) is 46.0 Å². The molecule has 1 amide bonds. The zero-order chi connectivity index (χ0) is 12.3. The lowest BCUT2D eigenvalue weighted by Crippen LogP contribution is -2.22. The number of hydrogen-bond donors (Lipinski definition) is 0. The van der Waals surface area contributed by atoms with Crippen molar-refractivity contribution < 1.29 is 4.79 Å². The molecule has 0 fully saturated rings. The number of rotatable bonds is 3. The summed E-state index contributed by atoms with van der Waals surface area (Å²) in [5, 5.41) is 0. The Balaban J connectivity index is 3.13. The monoisotopic (exact) mass is 283 g/mol. The summed E-state index contributed by atoms with van der Waals surface area (Å²) in [6.45, 7) is 4.33. The molecular weight excluding hydrogens is 266 g/mol. The van der Waals surface area contributed by atoms with E-state index in [0.29, 0.717) is 5.92 Å². The molecular formula is C13H18BrNO. The largest absolute Gasteiger partial charge is 0.345 e. The molecule has 0 saturated heterocycles. The van der Waals surface area contributed by atoms with Gasteiger partial charge in [-0.2, -0.15) is 0 Å². The van der Waals surface area contributed by atoms with Crippen LogP contribution < -0.4 is 0 Å². The molecule has 0 aliphatic rings. The zero-order valence-corrected chi connectivity index (χ0v) is 11.8. The van der Waals surface area contributed by atoms with E-state index in [2.05, 4.69) is 35.8 Å². The summed E-state index contributed by atoms with van der Waals surface area (Å²) in [5.41, 5.74) is 1.96. The summed E-state index contributed by atoms with van der Waals surface area (Å²) in [5.74, 6) is 0.527. The average Bonchev–Trinajstić information content (AvgIpc) is 2.27. The SMILES string of the molecule is CCC(C)c1ccc(Br)c(C(=O)N(C)C)c1. The molecule has 0 bridgehead atoms. The van der Waals surface area contributed by atoms with Gasteiger partial charge < -0.3 is 4.90 Å². The minimum absolute atomic E-state index is 0.0389. The number of amides is 1. The predicted molar refractivity (Wildman–Crippen MR) is 70.9 cm³/mol. The van der Waals surface area contributed by atoms with E-state index in [-0.39, 0.29) is 5.91 Å². The van der Waals surface area contributed by atoms with Gasteiger partial charge in [-0.3, -0.25) is 4.79 Å². The highest BCUT2D eigenvalue weighted by Gasteiger charge is 2.14. The molecule has 1 unspecified atom stereocenters. The Morgan fingerprint density at radius 3 is 2.56 bits per heavy atom. The predicted octanol–water partition coefficient (Wildman–Crippen LogP) is 3.66. The third-order valence-electron chi connectivity index (χ3n) is 2.81. The van der Waals surface area contributed by atoms with Crippen LogP contribution in [0.1, 0.15) is 42.1 Å². The second-order valence-electron chi connectivity index (χ2n) is 4.25. The Morgan fingerprint density at radius 1 is 1.44 bits per heavy atom. The van der Waals surface area contributed by atoms with Crippen molar-refractivity contribution in [3.8, 4) is 0 Å². The maximum Gasteiger partial charge on any atom is 0.254 e. The number of hydrogen-bond acceptors (Lipinski definition) is 1. The quantitative estimate of drug-likeness (QED) is 0.829. The van der Waals surface area contributed by atoms with Gasteiger partial charge in [0.05, 0.1) is 5.56 Å². The highest BCUT2D eigenvalue weighted by Crippen LogP contribution is 2.25. The molecule has 2 nitrogen and oxygen atoms in total. The van der Waals surface area contributed by atoms with Crippen molar-refractivity contribution in [2.45, 2.75) is 26.2 Å². The first kappa shape index (κ1) is 13.2. The van der Waals surface area contributed by atoms with Gasteiger partial charge in [-0.25, -0.2) is 0 Å². The summed E-state index contributed by atoms with van der Waals surface area (Å²) in [6.07, 6.45) is 1.08. The minimum Gasteiger partial charge on any atom is -0.345 e. The van der Waals surface area contributed by atoms with Gasteiger partial charge in [0, 0.05) is 18.6 Å². The molecule has 0 spiro atoms. The van der Waals surface area contributed by atoms with Crippen LogP contribution in [0.3, 0.4) is 0 Å². The highest BCUT2D eigenvalue weighted by molar-refractivity contribution is 9.10. The summed E-state index contributed by atoms with van der Waals surface area (Å²) < 4.78 is 0.859. The van der Waals surface area contributed by atoms with E-state index in [9.17, 15) is 4.79 Å². The maximum absolute atomic E-state index is 11.9. The first-order chi connectivity index (χ1) is 7.47. The third-order valence-corrected chi connectivity index (χ3v) is 3.50. The van der Waals surface area contributed by atoms with Crippen LogP contribution in [0, 0.1) is 0 Å². The van der Waals surface area contributed by atoms with Crippen LogP contribution in [0.15, 0.2) is 22.7 Å². The van der Waals surface area contributed by atoms with Crippen molar-refractivity contribution in [3.63, 3.8) is 0 Å². The van der Waals surface area contributed by atoms with E-state index in [1.54, 1.807) is 19.0 Å². The van der Waals surface area contributed by atoms with Crippen LogP contribution in [-0.4, -0.2) is 24.9 Å². The fourth-order valence-electron chi connectivity index (χ4n) is 1.49. The lowest BCUT2D eigenvalue weighted by atomic mass is 9.97. The van der Waals surface area contributed by atoms with Gasteiger partial charge in [0.15, 0.2) is 0 Å². The van der Waals surface area contributed by atoms with Crippen LogP contribution >= 0.6 is 15.9 Å². The molecule has 0 N–H and O–H groups in total. The average molecular weight is 284 g/mol. The van der Waals surface area contributed by atoms with Crippen molar-refractivity contribution in [1.29, 1.82) is 0 Å². The standard InChI is InChI=1S/C13H18BrNO/c1-5-9(2)10-6-7-12(14)11(8-10)13(16)15(3)4/h6-9H,5H2,1-4H3. The van der Waals surface area contributed by atoms with Crippen molar-refractivity contribution in [3.05, 3.63) is 33.8 Å². The molecule has 0 saturated carbocycles. The van der Waals surface area contributed by atoms with Crippen molar-refractivity contribution in [2.24, 2.45) is 0 Å². The van der Waals surface area contributed by atoms with Gasteiger partial charge >= 0.3 is 0 Å². The first-order valence-electron chi connectivity index (χ1n) is 5.48. The topological polar surface area (TPSA) is 20.3 Å². The highest BCUT2D eigenvalue weighted by atomic mass is 79.9. The summed E-state index contributed by atoms with van der Waals surface area (Å²) in [4.78, 5) is 13.5. The Labute approximate surface area is 106 Å². The van der Waals surface area contributed by atoms with Gasteiger partial charge in [0.25, 0.3) is 5.91 Å². The summed E-state index contributed by atoms with van der Waals surface area (Å²) >= 11 is 3.42. The molecule has 0 radical (unpaired) electrons. The second kappa shape index (κ2) is 5.48. The van der Waals surface area contributed by atoms with Crippen molar-refractivity contribution >= 4 is 21.8 Å². The van der Waals surface area contributed by atoms with Crippen LogP contribution in [0.5, 0.6) is 0 Å². The molecule has 0 aliphatic carbocycles. The zero-order valence-electron chi connectivity index (χ0n) is 10.2. The summed E-state index contributed by atoms with van der Waals surface area (Å²) in [6, 6.07) is 6.02. The van der Waals surface area contributed by atoms with E-state index in [1.807, 2.05) is 12.1 Å². The molecule has 16 heavy (non-hydrogen) atoms. The summed E-state index contributed by atoms with van der Waals surface area (Å²) in [7, 11) is 3.54. The normalized spacial score (nSPS) is 12.3. The van der Waals surface area contributed by atoms with E-state index in [0.717, 1.165) is 16.5 Å². The fraction of sp³-hybridized carbons (Fsp3) is 0.462. The Bertz CT molecular complexity index is 388. The third kappa shape index (κ3) is 2.85. The molecule has 0 aliphatic heterocycles. The Hall–Kier alpha value is -0.830. The molecule has 1 aromatic rings. The molecule has 0 heterocycles.